The zero-order valence-electron chi connectivity index (χ0n) is 9.88. The Bertz CT molecular complexity index is 604. The number of hydrogen-bond acceptors (Lipinski definition) is 5. The lowest BCUT2D eigenvalue weighted by Gasteiger charge is -2.35. The second-order valence-corrected chi connectivity index (χ2v) is 6.95. The fourth-order valence-electron chi connectivity index (χ4n) is 1.86. The van der Waals surface area contributed by atoms with Crippen LogP contribution in [0.2, 0.25) is 4.34 Å². The van der Waals surface area contributed by atoms with Crippen LogP contribution in [0.15, 0.2) is 17.5 Å². The van der Waals surface area contributed by atoms with Crippen LogP contribution in [0.25, 0.3) is 9.88 Å². The number of thiazole rings is 1. The van der Waals surface area contributed by atoms with Crippen LogP contribution in [0.4, 0.5) is 0 Å². The van der Waals surface area contributed by atoms with E-state index in [0.717, 1.165) is 19.9 Å². The number of aliphatic hydroxyl groups excluding tert-OH is 1. The second kappa shape index (κ2) is 5.20. The summed E-state index contributed by atoms with van der Waals surface area (Å²) in [5.74, 6) is 0.0198. The van der Waals surface area contributed by atoms with Gasteiger partial charge in [0.1, 0.15) is 5.01 Å². The molecular weight excluding hydrogens is 304 g/mol. The van der Waals surface area contributed by atoms with Gasteiger partial charge in [0.2, 0.25) is 5.91 Å². The molecule has 3 heterocycles. The Morgan fingerprint density at radius 1 is 1.53 bits per heavy atom. The molecular formula is C12H11ClN2O2S2. The first-order valence-corrected chi connectivity index (χ1v) is 7.85. The molecule has 0 atom stereocenters. The third-order valence-corrected chi connectivity index (χ3v) is 5.17. The normalized spacial score (nSPS) is 15.6. The van der Waals surface area contributed by atoms with Crippen molar-refractivity contribution in [2.24, 2.45) is 0 Å². The summed E-state index contributed by atoms with van der Waals surface area (Å²) < 4.78 is 0.734. The highest BCUT2D eigenvalue weighted by Crippen LogP contribution is 2.33. The average molecular weight is 315 g/mol. The highest BCUT2D eigenvalue weighted by molar-refractivity contribution is 7.23. The van der Waals surface area contributed by atoms with Crippen LogP contribution in [0.1, 0.15) is 5.69 Å². The van der Waals surface area contributed by atoms with Crippen LogP contribution >= 0.6 is 34.3 Å². The van der Waals surface area contributed by atoms with Gasteiger partial charge in [0.05, 0.1) is 27.4 Å². The second-order valence-electron chi connectivity index (χ2n) is 4.38. The third-order valence-electron chi connectivity index (χ3n) is 2.88. The molecule has 100 valence electrons. The highest BCUT2D eigenvalue weighted by Gasteiger charge is 2.28. The van der Waals surface area contributed by atoms with Gasteiger partial charge in [0, 0.05) is 18.5 Å². The molecule has 0 saturated carbocycles. The van der Waals surface area contributed by atoms with Crippen molar-refractivity contribution in [3.63, 3.8) is 0 Å². The van der Waals surface area contributed by atoms with E-state index in [1.165, 1.54) is 22.7 Å². The molecule has 0 aromatic carbocycles. The van der Waals surface area contributed by atoms with Gasteiger partial charge in [-0.3, -0.25) is 4.79 Å². The molecule has 2 aromatic heterocycles. The molecule has 0 radical (unpaired) electrons. The Kier molecular flexibility index (Phi) is 3.58. The Labute approximate surface area is 123 Å². The highest BCUT2D eigenvalue weighted by atomic mass is 35.5. The Balaban J connectivity index is 1.66. The lowest BCUT2D eigenvalue weighted by molar-refractivity contribution is -0.140. The van der Waals surface area contributed by atoms with Gasteiger partial charge in [-0.2, -0.15) is 0 Å². The van der Waals surface area contributed by atoms with Crippen LogP contribution in [-0.2, 0) is 11.2 Å². The predicted molar refractivity (Wildman–Crippen MR) is 76.7 cm³/mol. The van der Waals surface area contributed by atoms with E-state index in [4.69, 9.17) is 16.7 Å². The van der Waals surface area contributed by atoms with Crippen LogP contribution in [0.5, 0.6) is 0 Å². The topological polar surface area (TPSA) is 53.4 Å². The van der Waals surface area contributed by atoms with Gasteiger partial charge in [-0.1, -0.05) is 11.6 Å². The van der Waals surface area contributed by atoms with E-state index in [-0.39, 0.29) is 12.0 Å². The van der Waals surface area contributed by atoms with E-state index in [1.54, 1.807) is 4.90 Å². The quantitative estimate of drug-likeness (QED) is 0.945. The molecule has 7 heteroatoms. The Hall–Kier alpha value is -0.950. The van der Waals surface area contributed by atoms with Crippen LogP contribution in [0.3, 0.4) is 0 Å². The number of aliphatic hydroxyl groups is 1. The molecule has 1 aliphatic rings. The summed E-state index contributed by atoms with van der Waals surface area (Å²) >= 11 is 8.89. The number of nitrogens with zero attached hydrogens (tertiary/aromatic N) is 2. The summed E-state index contributed by atoms with van der Waals surface area (Å²) in [5.41, 5.74) is 0.774. The minimum Gasteiger partial charge on any atom is -0.389 e. The minimum atomic E-state index is -0.358. The van der Waals surface area contributed by atoms with Gasteiger partial charge in [0.25, 0.3) is 0 Å². The number of amides is 1. The molecule has 1 aliphatic heterocycles. The number of carbonyl (C=O) groups is 1. The summed E-state index contributed by atoms with van der Waals surface area (Å²) in [4.78, 5) is 19.0. The van der Waals surface area contributed by atoms with Crippen molar-refractivity contribution in [1.82, 2.24) is 9.88 Å². The van der Waals surface area contributed by atoms with E-state index in [9.17, 15) is 4.79 Å². The smallest absolute Gasteiger partial charge is 0.228 e. The molecule has 0 unspecified atom stereocenters. The van der Waals surface area contributed by atoms with Crippen molar-refractivity contribution in [3.8, 4) is 9.88 Å². The Morgan fingerprint density at radius 3 is 2.95 bits per heavy atom. The fourth-order valence-corrected chi connectivity index (χ4v) is 3.79. The summed E-state index contributed by atoms with van der Waals surface area (Å²) in [5, 5.41) is 12.0. The lowest BCUT2D eigenvalue weighted by atomic mass is 10.1. The van der Waals surface area contributed by atoms with Gasteiger partial charge >= 0.3 is 0 Å². The summed E-state index contributed by atoms with van der Waals surface area (Å²) in [6.45, 7) is 0.882. The fraction of sp³-hybridized carbons (Fsp3) is 0.333. The molecule has 0 aliphatic carbocycles. The Morgan fingerprint density at radius 2 is 2.32 bits per heavy atom. The van der Waals surface area contributed by atoms with E-state index in [0.29, 0.717) is 19.5 Å². The molecule has 1 saturated heterocycles. The molecule has 2 aromatic rings. The van der Waals surface area contributed by atoms with E-state index < -0.39 is 0 Å². The first-order chi connectivity index (χ1) is 9.11. The number of hydrogen-bond donors (Lipinski definition) is 1. The van der Waals surface area contributed by atoms with Crippen molar-refractivity contribution >= 4 is 40.2 Å². The number of halogens is 1. The molecule has 3 rings (SSSR count). The predicted octanol–water partition coefficient (Wildman–Crippen LogP) is 2.27. The van der Waals surface area contributed by atoms with E-state index in [1.807, 2.05) is 17.5 Å². The van der Waals surface area contributed by atoms with Gasteiger partial charge in [-0.25, -0.2) is 4.98 Å². The standard InChI is InChI=1S/C12H11ClN2O2S2/c13-10-2-1-9(19-10)12-14-7(6-18-12)3-11(17)15-4-8(16)5-15/h1-2,6,8,16H,3-5H2. The first-order valence-electron chi connectivity index (χ1n) is 5.78. The number of β-amino-alcohol motifs (C(OH)–C–C–N with tert-alkyl or cyclic N) is 1. The summed E-state index contributed by atoms with van der Waals surface area (Å²) in [6.07, 6.45) is -0.0642. The molecule has 19 heavy (non-hydrogen) atoms. The minimum absolute atomic E-state index is 0.0198. The van der Waals surface area contributed by atoms with Crippen molar-refractivity contribution < 1.29 is 9.90 Å². The molecule has 0 bridgehead atoms. The average Bonchev–Trinajstić information content (AvgIpc) is 2.93. The van der Waals surface area contributed by atoms with Crippen LogP contribution in [-0.4, -0.2) is 40.1 Å². The summed E-state index contributed by atoms with van der Waals surface area (Å²) in [6, 6.07) is 3.78. The van der Waals surface area contributed by atoms with Crippen molar-refractivity contribution in [2.45, 2.75) is 12.5 Å². The first kappa shape index (κ1) is 13.1. The molecule has 1 amide bonds. The summed E-state index contributed by atoms with van der Waals surface area (Å²) in [7, 11) is 0. The molecule has 4 nitrogen and oxygen atoms in total. The molecule has 0 spiro atoms. The van der Waals surface area contributed by atoms with Gasteiger partial charge in [0.15, 0.2) is 0 Å². The zero-order chi connectivity index (χ0) is 13.4. The van der Waals surface area contributed by atoms with E-state index in [2.05, 4.69) is 4.98 Å². The monoisotopic (exact) mass is 314 g/mol. The van der Waals surface area contributed by atoms with Crippen LogP contribution in [0, 0.1) is 0 Å². The number of aromatic nitrogens is 1. The van der Waals surface area contributed by atoms with E-state index >= 15 is 0 Å². The van der Waals surface area contributed by atoms with Crippen molar-refractivity contribution in [1.29, 1.82) is 0 Å². The van der Waals surface area contributed by atoms with Crippen molar-refractivity contribution in [2.75, 3.05) is 13.1 Å². The maximum atomic E-state index is 11.9. The number of carbonyl (C=O) groups excluding carboxylic acids is 1. The SMILES string of the molecule is O=C(Cc1csc(-c2ccc(Cl)s2)n1)N1CC(O)C1. The lowest BCUT2D eigenvalue weighted by Crippen LogP contribution is -2.53. The molecule has 1 N–H and O–H groups in total. The van der Waals surface area contributed by atoms with Gasteiger partial charge < -0.3 is 10.0 Å². The van der Waals surface area contributed by atoms with Gasteiger partial charge in [-0.05, 0) is 12.1 Å². The molecule has 1 fully saturated rings. The number of thiophene rings is 1. The largest absolute Gasteiger partial charge is 0.389 e. The number of likely N-dealkylation sites (tertiary alicyclic amines) is 1. The number of rotatable bonds is 3. The maximum absolute atomic E-state index is 11.9. The zero-order valence-corrected chi connectivity index (χ0v) is 12.3. The third kappa shape index (κ3) is 2.81. The van der Waals surface area contributed by atoms with Gasteiger partial charge in [-0.15, -0.1) is 22.7 Å². The van der Waals surface area contributed by atoms with Crippen LogP contribution < -0.4 is 0 Å². The maximum Gasteiger partial charge on any atom is 0.228 e. The van der Waals surface area contributed by atoms with Crippen molar-refractivity contribution in [3.05, 3.63) is 27.5 Å².